The van der Waals surface area contributed by atoms with Crippen LogP contribution in [0, 0.1) is 0 Å². The number of hydrogen-bond donors (Lipinski definition) is 1. The zero-order valence-electron chi connectivity index (χ0n) is 12.6. The van der Waals surface area contributed by atoms with Gasteiger partial charge >= 0.3 is 0 Å². The van der Waals surface area contributed by atoms with E-state index in [0.717, 1.165) is 24.0 Å². The smallest absolute Gasteiger partial charge is 0.0695 e. The van der Waals surface area contributed by atoms with Gasteiger partial charge in [-0.3, -0.25) is 4.68 Å². The molecule has 110 valence electrons. The van der Waals surface area contributed by atoms with E-state index in [1.165, 1.54) is 37.8 Å². The molecule has 3 nitrogen and oxygen atoms in total. The van der Waals surface area contributed by atoms with Crippen molar-refractivity contribution in [2.24, 2.45) is 0 Å². The van der Waals surface area contributed by atoms with Crippen molar-refractivity contribution in [1.29, 1.82) is 0 Å². The van der Waals surface area contributed by atoms with Crippen molar-refractivity contribution in [2.45, 2.75) is 71.9 Å². The third-order valence-corrected chi connectivity index (χ3v) is 3.95. The van der Waals surface area contributed by atoms with Crippen molar-refractivity contribution in [1.82, 2.24) is 15.1 Å². The predicted molar refractivity (Wildman–Crippen MR) is 85.4 cm³/mol. The van der Waals surface area contributed by atoms with Gasteiger partial charge in [-0.15, -0.1) is 0 Å². The molecule has 0 aliphatic heterocycles. The Morgan fingerprint density at radius 3 is 2.63 bits per heavy atom. The summed E-state index contributed by atoms with van der Waals surface area (Å²) in [6.07, 6.45) is 9.29. The number of nitrogens with one attached hydrogen (secondary N) is 1. The van der Waals surface area contributed by atoms with Crippen LogP contribution >= 0.6 is 15.9 Å². The van der Waals surface area contributed by atoms with Crippen LogP contribution in [0.25, 0.3) is 0 Å². The lowest BCUT2D eigenvalue weighted by molar-refractivity contribution is 0.432. The van der Waals surface area contributed by atoms with E-state index in [1.807, 2.05) is 6.20 Å². The average molecular weight is 330 g/mol. The maximum absolute atomic E-state index is 4.49. The van der Waals surface area contributed by atoms with Gasteiger partial charge in [0.25, 0.3) is 0 Å². The van der Waals surface area contributed by atoms with E-state index >= 15 is 0 Å². The third kappa shape index (κ3) is 5.27. The van der Waals surface area contributed by atoms with Crippen molar-refractivity contribution in [2.75, 3.05) is 6.54 Å². The van der Waals surface area contributed by atoms with Gasteiger partial charge in [-0.1, -0.05) is 40.0 Å². The monoisotopic (exact) mass is 329 g/mol. The normalized spacial score (nSPS) is 12.8. The second kappa shape index (κ2) is 9.54. The molecule has 1 heterocycles. The van der Waals surface area contributed by atoms with Gasteiger partial charge in [0.2, 0.25) is 0 Å². The Morgan fingerprint density at radius 2 is 2.00 bits per heavy atom. The first kappa shape index (κ1) is 16.7. The Morgan fingerprint density at radius 1 is 1.21 bits per heavy atom. The zero-order valence-corrected chi connectivity index (χ0v) is 14.2. The molecule has 1 rings (SSSR count). The van der Waals surface area contributed by atoms with Crippen LogP contribution in [0.1, 0.15) is 71.0 Å². The van der Waals surface area contributed by atoms with Crippen molar-refractivity contribution in [3.05, 3.63) is 16.4 Å². The molecular formula is C15H28BrN3. The maximum atomic E-state index is 4.49. The fourth-order valence-corrected chi connectivity index (χ4v) is 2.93. The molecule has 19 heavy (non-hydrogen) atoms. The lowest BCUT2D eigenvalue weighted by atomic mass is 10.0. The van der Waals surface area contributed by atoms with Crippen LogP contribution in [0.4, 0.5) is 0 Å². The first-order chi connectivity index (χ1) is 9.24. The number of rotatable bonds is 10. The Bertz CT molecular complexity index is 349. The standard InChI is InChI=1S/C15H28BrN3/c1-4-7-8-9-14(17-10-5-2)15-13(16)12-18-19(15)11-6-3/h12,14,17H,4-11H2,1-3H3. The molecule has 0 saturated carbocycles. The van der Waals surface area contributed by atoms with Crippen molar-refractivity contribution in [3.8, 4) is 0 Å². The lowest BCUT2D eigenvalue weighted by Crippen LogP contribution is -2.25. The summed E-state index contributed by atoms with van der Waals surface area (Å²) in [4.78, 5) is 0. The highest BCUT2D eigenvalue weighted by atomic mass is 79.9. The molecule has 0 radical (unpaired) electrons. The topological polar surface area (TPSA) is 29.9 Å². The fourth-order valence-electron chi connectivity index (χ4n) is 2.36. The van der Waals surface area contributed by atoms with Crippen molar-refractivity contribution >= 4 is 15.9 Å². The van der Waals surface area contributed by atoms with E-state index in [9.17, 15) is 0 Å². The Hall–Kier alpha value is -0.350. The quantitative estimate of drug-likeness (QED) is 0.632. The zero-order chi connectivity index (χ0) is 14.1. The SMILES string of the molecule is CCCCCC(NCCC)c1c(Br)cnn1CCC. The van der Waals surface area contributed by atoms with Crippen LogP contribution in [0.15, 0.2) is 10.7 Å². The van der Waals surface area contributed by atoms with Gasteiger partial charge in [0.1, 0.15) is 0 Å². The van der Waals surface area contributed by atoms with Crippen LogP contribution in [-0.2, 0) is 6.54 Å². The van der Waals surface area contributed by atoms with Gasteiger partial charge in [0.05, 0.1) is 22.4 Å². The number of halogens is 1. The molecule has 1 aromatic heterocycles. The second-order valence-corrected chi connectivity index (χ2v) is 5.96. The third-order valence-electron chi connectivity index (χ3n) is 3.34. The summed E-state index contributed by atoms with van der Waals surface area (Å²) in [5.74, 6) is 0. The molecule has 0 aromatic carbocycles. The number of nitrogens with zero attached hydrogens (tertiary/aromatic N) is 2. The van der Waals surface area contributed by atoms with Crippen LogP contribution in [-0.4, -0.2) is 16.3 Å². The van der Waals surface area contributed by atoms with Gasteiger partial charge in [-0.2, -0.15) is 5.10 Å². The molecule has 0 saturated heterocycles. The molecule has 0 amide bonds. The van der Waals surface area contributed by atoms with Gasteiger partial charge in [0, 0.05) is 6.54 Å². The highest BCUT2D eigenvalue weighted by molar-refractivity contribution is 9.10. The van der Waals surface area contributed by atoms with E-state index in [0.29, 0.717) is 6.04 Å². The van der Waals surface area contributed by atoms with E-state index in [2.05, 4.69) is 51.8 Å². The molecule has 1 unspecified atom stereocenters. The molecule has 0 bridgehead atoms. The van der Waals surface area contributed by atoms with Crippen molar-refractivity contribution < 1.29 is 0 Å². The van der Waals surface area contributed by atoms with Gasteiger partial charge in [-0.05, 0) is 41.7 Å². The summed E-state index contributed by atoms with van der Waals surface area (Å²) in [7, 11) is 0. The van der Waals surface area contributed by atoms with Crippen LogP contribution < -0.4 is 5.32 Å². The molecule has 4 heteroatoms. The molecule has 1 aromatic rings. The summed E-state index contributed by atoms with van der Waals surface area (Å²) in [6, 6.07) is 0.426. The van der Waals surface area contributed by atoms with E-state index < -0.39 is 0 Å². The molecule has 0 aliphatic rings. The molecule has 0 fully saturated rings. The molecule has 0 spiro atoms. The lowest BCUT2D eigenvalue weighted by Gasteiger charge is -2.20. The second-order valence-electron chi connectivity index (χ2n) is 5.10. The minimum absolute atomic E-state index is 0.426. The molecule has 0 aliphatic carbocycles. The predicted octanol–water partition coefficient (Wildman–Crippen LogP) is 4.68. The fraction of sp³-hybridized carbons (Fsp3) is 0.800. The number of aryl methyl sites for hydroxylation is 1. The van der Waals surface area contributed by atoms with E-state index in [4.69, 9.17) is 0 Å². The summed E-state index contributed by atoms with van der Waals surface area (Å²) < 4.78 is 3.30. The minimum atomic E-state index is 0.426. The van der Waals surface area contributed by atoms with Gasteiger partial charge in [0.15, 0.2) is 0 Å². The van der Waals surface area contributed by atoms with E-state index in [-0.39, 0.29) is 0 Å². The highest BCUT2D eigenvalue weighted by Gasteiger charge is 2.18. The Kier molecular flexibility index (Phi) is 8.38. The largest absolute Gasteiger partial charge is 0.309 e. The summed E-state index contributed by atoms with van der Waals surface area (Å²) in [5, 5.41) is 8.17. The molecule has 1 atom stereocenters. The number of hydrogen-bond acceptors (Lipinski definition) is 2. The van der Waals surface area contributed by atoms with Crippen LogP contribution in [0.2, 0.25) is 0 Å². The Balaban J connectivity index is 2.78. The van der Waals surface area contributed by atoms with E-state index in [1.54, 1.807) is 0 Å². The van der Waals surface area contributed by atoms with Crippen molar-refractivity contribution in [3.63, 3.8) is 0 Å². The Labute approximate surface area is 126 Å². The van der Waals surface area contributed by atoms with Gasteiger partial charge in [-0.25, -0.2) is 0 Å². The molecular weight excluding hydrogens is 302 g/mol. The van der Waals surface area contributed by atoms with Crippen LogP contribution in [0.3, 0.4) is 0 Å². The average Bonchev–Trinajstić information content (AvgIpc) is 2.76. The number of unbranched alkanes of at least 4 members (excludes halogenated alkanes) is 2. The summed E-state index contributed by atoms with van der Waals surface area (Å²) in [5.41, 5.74) is 1.33. The maximum Gasteiger partial charge on any atom is 0.0695 e. The first-order valence-electron chi connectivity index (χ1n) is 7.69. The highest BCUT2D eigenvalue weighted by Crippen LogP contribution is 2.27. The minimum Gasteiger partial charge on any atom is -0.309 e. The molecule has 1 N–H and O–H groups in total. The first-order valence-corrected chi connectivity index (χ1v) is 8.48. The van der Waals surface area contributed by atoms with Gasteiger partial charge < -0.3 is 5.32 Å². The van der Waals surface area contributed by atoms with Crippen LogP contribution in [0.5, 0.6) is 0 Å². The summed E-state index contributed by atoms with van der Waals surface area (Å²) in [6.45, 7) is 8.74. The number of aromatic nitrogens is 2. The summed E-state index contributed by atoms with van der Waals surface area (Å²) >= 11 is 3.67.